The lowest BCUT2D eigenvalue weighted by molar-refractivity contribution is -0.108. The molecular formula is C18H18O4. The first-order valence-electron chi connectivity index (χ1n) is 6.95. The number of hydrogen-bond acceptors (Lipinski definition) is 4. The van der Waals surface area contributed by atoms with Crippen LogP contribution in [0.1, 0.15) is 28.3 Å². The molecule has 0 N–H and O–H groups in total. The van der Waals surface area contributed by atoms with Crippen molar-refractivity contribution in [2.75, 3.05) is 14.2 Å². The van der Waals surface area contributed by atoms with E-state index >= 15 is 0 Å². The number of benzene rings is 2. The minimum absolute atomic E-state index is 0.0834. The monoisotopic (exact) mass is 298 g/mol. The van der Waals surface area contributed by atoms with Gasteiger partial charge in [0.1, 0.15) is 17.8 Å². The molecule has 0 bridgehead atoms. The number of ketones is 1. The van der Waals surface area contributed by atoms with Crippen LogP contribution in [0.5, 0.6) is 11.5 Å². The fourth-order valence-electron chi connectivity index (χ4n) is 2.28. The second kappa shape index (κ2) is 7.41. The van der Waals surface area contributed by atoms with E-state index in [1.165, 1.54) is 0 Å². The molecule has 0 amide bonds. The van der Waals surface area contributed by atoms with Gasteiger partial charge in [-0.2, -0.15) is 0 Å². The molecule has 0 fully saturated rings. The van der Waals surface area contributed by atoms with E-state index in [0.717, 1.165) is 11.8 Å². The van der Waals surface area contributed by atoms with Crippen LogP contribution in [0.2, 0.25) is 0 Å². The Labute approximate surface area is 129 Å². The van der Waals surface area contributed by atoms with Crippen LogP contribution in [0, 0.1) is 0 Å². The maximum atomic E-state index is 12.7. The number of ether oxygens (including phenoxy) is 2. The van der Waals surface area contributed by atoms with Crippen LogP contribution < -0.4 is 9.47 Å². The topological polar surface area (TPSA) is 52.6 Å². The van der Waals surface area contributed by atoms with Gasteiger partial charge in [0.25, 0.3) is 0 Å². The average molecular weight is 298 g/mol. The van der Waals surface area contributed by atoms with Gasteiger partial charge in [0.2, 0.25) is 0 Å². The third-order valence-electron chi connectivity index (χ3n) is 3.54. The Hall–Kier alpha value is -2.62. The SMILES string of the molecule is COc1ccc(C(=O)C(CC=O)c2ccc(OC)cc2)cc1. The summed E-state index contributed by atoms with van der Waals surface area (Å²) in [5, 5.41) is 0. The standard InChI is InChI=1S/C18H18O4/c1-21-15-7-3-13(4-8-15)17(11-12-19)18(20)14-5-9-16(22-2)10-6-14/h3-10,12,17H,11H2,1-2H3. The molecule has 2 aromatic carbocycles. The maximum Gasteiger partial charge on any atom is 0.170 e. The Morgan fingerprint density at radius 1 is 0.955 bits per heavy atom. The molecule has 0 saturated heterocycles. The number of carbonyl (C=O) groups excluding carboxylic acids is 2. The lowest BCUT2D eigenvalue weighted by atomic mass is 9.88. The molecule has 1 atom stereocenters. The normalized spacial score (nSPS) is 11.5. The molecule has 0 aliphatic heterocycles. The number of Topliss-reactive ketones (excluding diaryl/α,β-unsaturated/α-hetero) is 1. The zero-order chi connectivity index (χ0) is 15.9. The van der Waals surface area contributed by atoms with E-state index in [0.29, 0.717) is 17.1 Å². The summed E-state index contributed by atoms with van der Waals surface area (Å²) >= 11 is 0. The van der Waals surface area contributed by atoms with E-state index in [4.69, 9.17) is 9.47 Å². The molecule has 4 nitrogen and oxygen atoms in total. The van der Waals surface area contributed by atoms with Crippen molar-refractivity contribution in [3.63, 3.8) is 0 Å². The molecule has 0 aliphatic carbocycles. The second-order valence-electron chi connectivity index (χ2n) is 4.82. The van der Waals surface area contributed by atoms with Crippen LogP contribution in [-0.2, 0) is 4.79 Å². The van der Waals surface area contributed by atoms with E-state index in [9.17, 15) is 9.59 Å². The summed E-state index contributed by atoms with van der Waals surface area (Å²) in [7, 11) is 3.16. The molecule has 2 rings (SSSR count). The zero-order valence-corrected chi connectivity index (χ0v) is 12.6. The van der Waals surface area contributed by atoms with Crippen molar-refractivity contribution in [3.05, 3.63) is 59.7 Å². The molecule has 0 heterocycles. The summed E-state index contributed by atoms with van der Waals surface area (Å²) in [4.78, 5) is 23.6. The van der Waals surface area contributed by atoms with Crippen molar-refractivity contribution in [1.29, 1.82) is 0 Å². The molecule has 0 aromatic heterocycles. The van der Waals surface area contributed by atoms with Crippen LogP contribution >= 0.6 is 0 Å². The van der Waals surface area contributed by atoms with Gasteiger partial charge >= 0.3 is 0 Å². The van der Waals surface area contributed by atoms with Crippen LogP contribution in [0.4, 0.5) is 0 Å². The smallest absolute Gasteiger partial charge is 0.170 e. The molecule has 0 radical (unpaired) electrons. The van der Waals surface area contributed by atoms with Crippen molar-refractivity contribution in [2.24, 2.45) is 0 Å². The number of carbonyl (C=O) groups is 2. The summed E-state index contributed by atoms with van der Waals surface area (Å²) in [6.45, 7) is 0. The van der Waals surface area contributed by atoms with Crippen LogP contribution in [0.3, 0.4) is 0 Å². The average Bonchev–Trinajstić information content (AvgIpc) is 2.59. The number of aldehydes is 1. The molecule has 1 unspecified atom stereocenters. The Balaban J connectivity index is 2.28. The van der Waals surface area contributed by atoms with Crippen LogP contribution in [0.25, 0.3) is 0 Å². The largest absolute Gasteiger partial charge is 0.497 e. The highest BCUT2D eigenvalue weighted by Crippen LogP contribution is 2.26. The second-order valence-corrected chi connectivity index (χ2v) is 4.82. The van der Waals surface area contributed by atoms with Gasteiger partial charge in [0.05, 0.1) is 20.1 Å². The first kappa shape index (κ1) is 15.8. The maximum absolute atomic E-state index is 12.7. The highest BCUT2D eigenvalue weighted by Gasteiger charge is 2.21. The van der Waals surface area contributed by atoms with Crippen molar-refractivity contribution < 1.29 is 19.1 Å². The van der Waals surface area contributed by atoms with Gasteiger partial charge in [-0.1, -0.05) is 12.1 Å². The number of rotatable bonds is 7. The Morgan fingerprint density at radius 3 is 1.91 bits per heavy atom. The summed E-state index contributed by atoms with van der Waals surface area (Å²) < 4.78 is 10.2. The quantitative estimate of drug-likeness (QED) is 0.581. The van der Waals surface area contributed by atoms with Crippen LogP contribution in [0.15, 0.2) is 48.5 Å². The van der Waals surface area contributed by atoms with Gasteiger partial charge in [-0.3, -0.25) is 4.79 Å². The highest BCUT2D eigenvalue weighted by molar-refractivity contribution is 6.02. The van der Waals surface area contributed by atoms with Gasteiger partial charge in [-0.25, -0.2) is 0 Å². The molecule has 0 aliphatic rings. The predicted molar refractivity (Wildman–Crippen MR) is 83.7 cm³/mol. The molecule has 22 heavy (non-hydrogen) atoms. The minimum Gasteiger partial charge on any atom is -0.497 e. The predicted octanol–water partition coefficient (Wildman–Crippen LogP) is 3.26. The first-order chi connectivity index (χ1) is 10.7. The fourth-order valence-corrected chi connectivity index (χ4v) is 2.28. The third-order valence-corrected chi connectivity index (χ3v) is 3.54. The fraction of sp³-hybridized carbons (Fsp3) is 0.222. The van der Waals surface area contributed by atoms with Crippen molar-refractivity contribution in [1.82, 2.24) is 0 Å². The van der Waals surface area contributed by atoms with Gasteiger partial charge in [0.15, 0.2) is 5.78 Å². The summed E-state index contributed by atoms with van der Waals surface area (Å²) in [6.07, 6.45) is 0.924. The molecular weight excluding hydrogens is 280 g/mol. The van der Waals surface area contributed by atoms with Gasteiger partial charge in [-0.05, 0) is 42.0 Å². The van der Waals surface area contributed by atoms with Gasteiger partial charge in [-0.15, -0.1) is 0 Å². The third kappa shape index (κ3) is 3.52. The van der Waals surface area contributed by atoms with E-state index in [1.807, 2.05) is 12.1 Å². The van der Waals surface area contributed by atoms with E-state index < -0.39 is 5.92 Å². The van der Waals surface area contributed by atoms with Crippen molar-refractivity contribution in [3.8, 4) is 11.5 Å². The minimum atomic E-state index is -0.489. The van der Waals surface area contributed by atoms with Crippen LogP contribution in [-0.4, -0.2) is 26.3 Å². The Kier molecular flexibility index (Phi) is 5.31. The lowest BCUT2D eigenvalue weighted by Gasteiger charge is -2.14. The van der Waals surface area contributed by atoms with Crippen molar-refractivity contribution >= 4 is 12.1 Å². The summed E-state index contributed by atoms with van der Waals surface area (Å²) in [6, 6.07) is 14.1. The molecule has 4 heteroatoms. The van der Waals surface area contributed by atoms with Gasteiger partial charge in [0, 0.05) is 12.0 Å². The molecule has 2 aromatic rings. The van der Waals surface area contributed by atoms with Crippen molar-refractivity contribution in [2.45, 2.75) is 12.3 Å². The summed E-state index contributed by atoms with van der Waals surface area (Å²) in [5.74, 6) is 0.829. The van der Waals surface area contributed by atoms with E-state index in [2.05, 4.69) is 0 Å². The molecule has 0 saturated carbocycles. The lowest BCUT2D eigenvalue weighted by Crippen LogP contribution is -2.13. The van der Waals surface area contributed by atoms with Gasteiger partial charge < -0.3 is 14.3 Å². The Bertz CT molecular complexity index is 629. The molecule has 114 valence electrons. The highest BCUT2D eigenvalue weighted by atomic mass is 16.5. The first-order valence-corrected chi connectivity index (χ1v) is 6.95. The zero-order valence-electron chi connectivity index (χ0n) is 12.6. The van der Waals surface area contributed by atoms with E-state index in [-0.39, 0.29) is 12.2 Å². The van der Waals surface area contributed by atoms with E-state index in [1.54, 1.807) is 50.6 Å². The molecule has 0 spiro atoms. The summed E-state index contributed by atoms with van der Waals surface area (Å²) in [5.41, 5.74) is 1.36. The Morgan fingerprint density at radius 2 is 1.45 bits per heavy atom. The number of methoxy groups -OCH3 is 2. The number of hydrogen-bond donors (Lipinski definition) is 0.